The molecule has 0 aliphatic heterocycles. The lowest BCUT2D eigenvalue weighted by atomic mass is 10.3. The van der Waals surface area contributed by atoms with Crippen LogP contribution >= 0.6 is 0 Å². The van der Waals surface area contributed by atoms with Gasteiger partial charge in [0.05, 0.1) is 5.69 Å². The maximum atomic E-state index is 13.7. The minimum absolute atomic E-state index is 0.280. The topological polar surface area (TPSA) is 63.4 Å². The summed E-state index contributed by atoms with van der Waals surface area (Å²) in [4.78, 5) is -0.892. The van der Waals surface area contributed by atoms with Gasteiger partial charge in [-0.2, -0.15) is 17.5 Å². The van der Waals surface area contributed by atoms with Crippen molar-refractivity contribution >= 4 is 15.7 Å². The normalized spacial score (nSPS) is 16.6. The minimum Gasteiger partial charge on any atom is -0.398 e. The zero-order valence-corrected chi connectivity index (χ0v) is 11.0. The molecule has 2 N–H and O–H groups in total. The predicted octanol–water partition coefficient (Wildman–Crippen LogP) is 2.12. The van der Waals surface area contributed by atoms with E-state index in [1.165, 1.54) is 6.07 Å². The van der Waals surface area contributed by atoms with Gasteiger partial charge in [0.15, 0.2) is 0 Å². The third-order valence-electron chi connectivity index (χ3n) is 2.85. The molecule has 0 unspecified atom stereocenters. The number of nitrogens with two attached hydrogens (primary N) is 1. The molecule has 1 aromatic carbocycles. The maximum absolute atomic E-state index is 13.7. The van der Waals surface area contributed by atoms with Gasteiger partial charge in [0.1, 0.15) is 17.3 Å². The Bertz CT molecular complexity index is 591. The van der Waals surface area contributed by atoms with Crippen LogP contribution in [0.2, 0.25) is 0 Å². The van der Waals surface area contributed by atoms with Gasteiger partial charge in [-0.25, -0.2) is 12.8 Å². The van der Waals surface area contributed by atoms with Crippen LogP contribution in [0, 0.1) is 5.82 Å². The number of rotatable bonds is 4. The molecular weight excluding hydrogens is 300 g/mol. The molecule has 112 valence electrons. The Morgan fingerprint density at radius 2 is 1.90 bits per heavy atom. The van der Waals surface area contributed by atoms with E-state index in [1.807, 2.05) is 0 Å². The monoisotopic (exact) mass is 312 g/mol. The Balaban J connectivity index is 2.46. The summed E-state index contributed by atoms with van der Waals surface area (Å²) in [6.45, 7) is -1.65. The van der Waals surface area contributed by atoms with Gasteiger partial charge in [-0.05, 0) is 25.0 Å². The summed E-state index contributed by atoms with van der Waals surface area (Å²) in [5.41, 5.74) is 5.00. The molecular formula is C11H12F4N2O2S. The number of alkyl halides is 3. The van der Waals surface area contributed by atoms with E-state index in [0.717, 1.165) is 12.1 Å². The third-order valence-corrected chi connectivity index (χ3v) is 4.84. The van der Waals surface area contributed by atoms with Gasteiger partial charge in [-0.3, -0.25) is 0 Å². The molecule has 0 radical (unpaired) electrons. The van der Waals surface area contributed by atoms with Crippen LogP contribution in [-0.4, -0.2) is 31.5 Å². The SMILES string of the molecule is Nc1cccc(F)c1S(=O)(=O)N(CC(F)(F)F)C1CC1. The first-order chi connectivity index (χ1) is 9.13. The first-order valence-electron chi connectivity index (χ1n) is 5.75. The fourth-order valence-corrected chi connectivity index (χ4v) is 3.70. The van der Waals surface area contributed by atoms with E-state index in [2.05, 4.69) is 0 Å². The second kappa shape index (κ2) is 4.88. The van der Waals surface area contributed by atoms with Crippen LogP contribution in [0.15, 0.2) is 23.1 Å². The summed E-state index contributed by atoms with van der Waals surface area (Å²) in [6, 6.07) is 2.42. The molecule has 0 aromatic heterocycles. The molecule has 0 saturated heterocycles. The van der Waals surface area contributed by atoms with E-state index in [0.29, 0.717) is 12.8 Å². The Hall–Kier alpha value is -1.35. The molecule has 20 heavy (non-hydrogen) atoms. The first-order valence-corrected chi connectivity index (χ1v) is 7.19. The third kappa shape index (κ3) is 3.04. The minimum atomic E-state index is -4.70. The van der Waals surface area contributed by atoms with Crippen molar-refractivity contribution < 1.29 is 26.0 Å². The molecule has 0 atom stereocenters. The second-order valence-corrected chi connectivity index (χ2v) is 6.38. The van der Waals surface area contributed by atoms with E-state index >= 15 is 0 Å². The quantitative estimate of drug-likeness (QED) is 0.684. The molecule has 1 saturated carbocycles. The van der Waals surface area contributed by atoms with E-state index in [-0.39, 0.29) is 4.31 Å². The van der Waals surface area contributed by atoms with Crippen LogP contribution in [0.25, 0.3) is 0 Å². The van der Waals surface area contributed by atoms with Crippen molar-refractivity contribution in [2.45, 2.75) is 30.0 Å². The second-order valence-electron chi connectivity index (χ2n) is 4.55. The standard InChI is InChI=1S/C11H12F4N2O2S/c12-8-2-1-3-9(16)10(8)20(18,19)17(7-4-5-7)6-11(13,14)15/h1-3,7H,4-6,16H2. The van der Waals surface area contributed by atoms with E-state index in [1.54, 1.807) is 0 Å². The molecule has 0 heterocycles. The van der Waals surface area contributed by atoms with Crippen molar-refractivity contribution in [1.29, 1.82) is 0 Å². The number of nitrogen functional groups attached to an aromatic ring is 1. The molecule has 0 spiro atoms. The Morgan fingerprint density at radius 3 is 2.35 bits per heavy atom. The van der Waals surface area contributed by atoms with Crippen molar-refractivity contribution in [2.75, 3.05) is 12.3 Å². The largest absolute Gasteiger partial charge is 0.402 e. The fourth-order valence-electron chi connectivity index (χ4n) is 1.86. The van der Waals surface area contributed by atoms with Gasteiger partial charge in [0.25, 0.3) is 0 Å². The van der Waals surface area contributed by atoms with Gasteiger partial charge in [-0.1, -0.05) is 6.07 Å². The number of anilines is 1. The van der Waals surface area contributed by atoms with Gasteiger partial charge < -0.3 is 5.73 Å². The Labute approximate surface area is 113 Å². The lowest BCUT2D eigenvalue weighted by Gasteiger charge is -2.24. The summed E-state index contributed by atoms with van der Waals surface area (Å²) in [5, 5.41) is 0. The van der Waals surface area contributed by atoms with E-state index in [4.69, 9.17) is 5.73 Å². The van der Waals surface area contributed by atoms with Crippen molar-refractivity contribution in [3.05, 3.63) is 24.0 Å². The number of hydrogen-bond acceptors (Lipinski definition) is 3. The molecule has 1 aliphatic rings. The van der Waals surface area contributed by atoms with E-state index < -0.39 is 45.2 Å². The molecule has 4 nitrogen and oxygen atoms in total. The highest BCUT2D eigenvalue weighted by atomic mass is 32.2. The van der Waals surface area contributed by atoms with Crippen LogP contribution in [0.4, 0.5) is 23.2 Å². The number of benzene rings is 1. The van der Waals surface area contributed by atoms with Gasteiger partial charge in [0, 0.05) is 6.04 Å². The van der Waals surface area contributed by atoms with Crippen LogP contribution < -0.4 is 5.73 Å². The average Bonchev–Trinajstić information content (AvgIpc) is 3.07. The summed E-state index contributed by atoms with van der Waals surface area (Å²) in [6.07, 6.45) is -4.05. The molecule has 1 aliphatic carbocycles. The lowest BCUT2D eigenvalue weighted by Crippen LogP contribution is -2.41. The molecule has 1 aromatic rings. The highest BCUT2D eigenvalue weighted by Gasteiger charge is 2.45. The summed E-state index contributed by atoms with van der Waals surface area (Å²) in [7, 11) is -4.62. The average molecular weight is 312 g/mol. The summed E-state index contributed by atoms with van der Waals surface area (Å²) >= 11 is 0. The smallest absolute Gasteiger partial charge is 0.398 e. The number of hydrogen-bond donors (Lipinski definition) is 1. The van der Waals surface area contributed by atoms with Crippen LogP contribution in [0.3, 0.4) is 0 Å². The molecule has 0 bridgehead atoms. The van der Waals surface area contributed by atoms with Gasteiger partial charge in [0.2, 0.25) is 10.0 Å². The summed E-state index contributed by atoms with van der Waals surface area (Å²) < 4.78 is 75.9. The fraction of sp³-hybridized carbons (Fsp3) is 0.455. The number of halogens is 4. The van der Waals surface area contributed by atoms with Gasteiger partial charge >= 0.3 is 6.18 Å². The molecule has 0 amide bonds. The van der Waals surface area contributed by atoms with Crippen molar-refractivity contribution in [3.8, 4) is 0 Å². The summed E-state index contributed by atoms with van der Waals surface area (Å²) in [5.74, 6) is -1.15. The van der Waals surface area contributed by atoms with Gasteiger partial charge in [-0.15, -0.1) is 0 Å². The van der Waals surface area contributed by atoms with Crippen LogP contribution in [-0.2, 0) is 10.0 Å². The van der Waals surface area contributed by atoms with Crippen molar-refractivity contribution in [1.82, 2.24) is 4.31 Å². The highest BCUT2D eigenvalue weighted by molar-refractivity contribution is 7.89. The first kappa shape index (κ1) is 15.0. The zero-order chi connectivity index (χ0) is 15.1. The van der Waals surface area contributed by atoms with E-state index in [9.17, 15) is 26.0 Å². The van der Waals surface area contributed by atoms with Crippen molar-refractivity contribution in [2.24, 2.45) is 0 Å². The van der Waals surface area contributed by atoms with Crippen LogP contribution in [0.5, 0.6) is 0 Å². The van der Waals surface area contributed by atoms with Crippen LogP contribution in [0.1, 0.15) is 12.8 Å². The number of sulfonamides is 1. The molecule has 9 heteroatoms. The molecule has 1 fully saturated rings. The Kier molecular flexibility index (Phi) is 3.67. The zero-order valence-electron chi connectivity index (χ0n) is 10.2. The molecule has 2 rings (SSSR count). The predicted molar refractivity (Wildman–Crippen MR) is 63.8 cm³/mol. The van der Waals surface area contributed by atoms with Crippen molar-refractivity contribution in [3.63, 3.8) is 0 Å². The maximum Gasteiger partial charge on any atom is 0.402 e. The Morgan fingerprint density at radius 1 is 1.30 bits per heavy atom. The highest BCUT2D eigenvalue weighted by Crippen LogP contribution is 2.36. The number of nitrogens with zero attached hydrogens (tertiary/aromatic N) is 1. The lowest BCUT2D eigenvalue weighted by molar-refractivity contribution is -0.137.